The van der Waals surface area contributed by atoms with Gasteiger partial charge in [0.05, 0.1) is 11.3 Å². The Hall–Kier alpha value is -2.82. The summed E-state index contributed by atoms with van der Waals surface area (Å²) in [5.41, 5.74) is 4.25. The molecule has 2 rings (SSSR count). The Morgan fingerprint density at radius 2 is 1.73 bits per heavy atom. The van der Waals surface area contributed by atoms with Gasteiger partial charge in [0.1, 0.15) is 0 Å². The molecule has 0 saturated heterocycles. The van der Waals surface area contributed by atoms with Crippen molar-refractivity contribution in [1.82, 2.24) is 5.32 Å². The van der Waals surface area contributed by atoms with Gasteiger partial charge in [0.2, 0.25) is 0 Å². The van der Waals surface area contributed by atoms with Crippen molar-refractivity contribution in [1.29, 1.82) is 0 Å². The van der Waals surface area contributed by atoms with E-state index in [-0.39, 0.29) is 18.6 Å². The number of hydrogen-bond acceptors (Lipinski definition) is 4. The highest BCUT2D eigenvalue weighted by Crippen LogP contribution is 2.25. The molecule has 5 heteroatoms. The molecule has 0 unspecified atom stereocenters. The average molecular weight is 354 g/mol. The lowest BCUT2D eigenvalue weighted by molar-refractivity contribution is -0.124. The third-order valence-electron chi connectivity index (χ3n) is 4.38. The van der Waals surface area contributed by atoms with E-state index in [1.54, 1.807) is 12.1 Å². The first kappa shape index (κ1) is 19.5. The van der Waals surface area contributed by atoms with E-state index in [2.05, 4.69) is 10.6 Å². The molecule has 5 nitrogen and oxygen atoms in total. The number of anilines is 2. The minimum absolute atomic E-state index is 0.0550. The maximum atomic E-state index is 12.4. The molecular weight excluding hydrogens is 328 g/mol. The molecule has 0 aliphatic heterocycles. The number of amides is 1. The first-order chi connectivity index (χ1) is 12.4. The van der Waals surface area contributed by atoms with Crippen LogP contribution in [0, 0.1) is 13.8 Å². The van der Waals surface area contributed by atoms with E-state index >= 15 is 0 Å². The van der Waals surface area contributed by atoms with Gasteiger partial charge in [-0.15, -0.1) is 0 Å². The summed E-state index contributed by atoms with van der Waals surface area (Å²) in [5.74, 6) is -0.828. The van der Waals surface area contributed by atoms with E-state index in [4.69, 9.17) is 4.74 Å². The van der Waals surface area contributed by atoms with E-state index < -0.39 is 5.97 Å². The molecule has 0 aliphatic rings. The van der Waals surface area contributed by atoms with Gasteiger partial charge in [-0.1, -0.05) is 31.2 Å². The van der Waals surface area contributed by atoms with Crippen LogP contribution >= 0.6 is 0 Å². The fourth-order valence-corrected chi connectivity index (χ4v) is 2.43. The van der Waals surface area contributed by atoms with Crippen molar-refractivity contribution in [2.75, 3.05) is 11.9 Å². The zero-order chi connectivity index (χ0) is 19.1. The summed E-state index contributed by atoms with van der Waals surface area (Å²) in [7, 11) is 0. The molecule has 2 N–H and O–H groups in total. The number of benzene rings is 2. The van der Waals surface area contributed by atoms with Crippen molar-refractivity contribution in [3.8, 4) is 0 Å². The second-order valence-electron chi connectivity index (χ2n) is 6.37. The molecule has 0 spiro atoms. The number of carbonyl (C=O) groups excluding carboxylic acids is 2. The minimum Gasteiger partial charge on any atom is -0.452 e. The molecule has 138 valence electrons. The molecule has 0 aromatic heterocycles. The second-order valence-corrected chi connectivity index (χ2v) is 6.37. The number of esters is 1. The second kappa shape index (κ2) is 9.04. The van der Waals surface area contributed by atoms with Crippen molar-refractivity contribution < 1.29 is 14.3 Å². The van der Waals surface area contributed by atoms with Gasteiger partial charge in [-0.05, 0) is 56.5 Å². The van der Waals surface area contributed by atoms with Crippen molar-refractivity contribution >= 4 is 23.3 Å². The summed E-state index contributed by atoms with van der Waals surface area (Å²) >= 11 is 0. The molecule has 2 aromatic carbocycles. The zero-order valence-corrected chi connectivity index (χ0v) is 15.8. The van der Waals surface area contributed by atoms with Crippen LogP contribution in [0.2, 0.25) is 0 Å². The molecule has 0 aliphatic carbocycles. The molecule has 2 aromatic rings. The van der Waals surface area contributed by atoms with Crippen LogP contribution in [0.15, 0.2) is 42.5 Å². The van der Waals surface area contributed by atoms with Crippen LogP contribution in [-0.4, -0.2) is 24.5 Å². The predicted molar refractivity (Wildman–Crippen MR) is 104 cm³/mol. The van der Waals surface area contributed by atoms with Crippen LogP contribution in [0.4, 0.5) is 11.4 Å². The Kier molecular flexibility index (Phi) is 6.78. The van der Waals surface area contributed by atoms with Crippen molar-refractivity contribution in [2.24, 2.45) is 0 Å². The highest BCUT2D eigenvalue weighted by molar-refractivity contribution is 5.97. The summed E-state index contributed by atoms with van der Waals surface area (Å²) in [5, 5.41) is 6.06. The summed E-state index contributed by atoms with van der Waals surface area (Å²) in [6.45, 7) is 7.66. The lowest BCUT2D eigenvalue weighted by Gasteiger charge is -2.15. The molecule has 26 heavy (non-hydrogen) atoms. The number of rotatable bonds is 7. The predicted octanol–water partition coefficient (Wildman–Crippen LogP) is 4.12. The number of ether oxygens (including phenoxy) is 1. The van der Waals surface area contributed by atoms with Crippen molar-refractivity contribution in [3.05, 3.63) is 59.2 Å². The van der Waals surface area contributed by atoms with Crippen LogP contribution in [0.3, 0.4) is 0 Å². The van der Waals surface area contributed by atoms with Crippen LogP contribution in [0.25, 0.3) is 0 Å². The summed E-state index contributed by atoms with van der Waals surface area (Å²) in [6.07, 6.45) is 0.822. The highest BCUT2D eigenvalue weighted by atomic mass is 16.5. The van der Waals surface area contributed by atoms with Crippen LogP contribution in [0.5, 0.6) is 0 Å². The molecule has 0 radical (unpaired) electrons. The standard InChI is InChI=1S/C21H26N2O3/c1-5-15(3)22-20(24)13-26-21(25)17-10-6-7-11-19(17)23-18-12-8-9-14(2)16(18)4/h6-12,15,23H,5,13H2,1-4H3,(H,22,24)/t15-/m1/s1. The maximum absolute atomic E-state index is 12.4. The van der Waals surface area contributed by atoms with Crippen molar-refractivity contribution in [3.63, 3.8) is 0 Å². The van der Waals surface area contributed by atoms with E-state index in [0.29, 0.717) is 11.3 Å². The number of para-hydroxylation sites is 1. The SMILES string of the molecule is CC[C@@H](C)NC(=O)COC(=O)c1ccccc1Nc1cccc(C)c1C. The summed E-state index contributed by atoms with van der Waals surface area (Å²) in [4.78, 5) is 24.2. The molecule has 0 bridgehead atoms. The maximum Gasteiger partial charge on any atom is 0.340 e. The van der Waals surface area contributed by atoms with E-state index in [1.807, 2.05) is 58.0 Å². The van der Waals surface area contributed by atoms with E-state index in [1.165, 1.54) is 0 Å². The molecule has 0 fully saturated rings. The smallest absolute Gasteiger partial charge is 0.340 e. The van der Waals surface area contributed by atoms with Gasteiger partial charge < -0.3 is 15.4 Å². The Balaban J connectivity index is 2.09. The van der Waals surface area contributed by atoms with Gasteiger partial charge in [-0.25, -0.2) is 4.79 Å². The van der Waals surface area contributed by atoms with Crippen LogP contribution in [-0.2, 0) is 9.53 Å². The third-order valence-corrected chi connectivity index (χ3v) is 4.38. The lowest BCUT2D eigenvalue weighted by atomic mass is 10.1. The molecule has 1 amide bonds. The van der Waals surface area contributed by atoms with Crippen LogP contribution < -0.4 is 10.6 Å². The number of hydrogen-bond donors (Lipinski definition) is 2. The lowest BCUT2D eigenvalue weighted by Crippen LogP contribution is -2.35. The van der Waals surface area contributed by atoms with Gasteiger partial charge >= 0.3 is 5.97 Å². The Bertz CT molecular complexity index is 787. The third kappa shape index (κ3) is 5.09. The summed E-state index contributed by atoms with van der Waals surface area (Å²) in [6, 6.07) is 13.1. The Morgan fingerprint density at radius 3 is 2.46 bits per heavy atom. The first-order valence-corrected chi connectivity index (χ1v) is 8.81. The average Bonchev–Trinajstić information content (AvgIpc) is 2.63. The van der Waals surface area contributed by atoms with Gasteiger partial charge in [-0.3, -0.25) is 4.79 Å². The monoisotopic (exact) mass is 354 g/mol. The molecule has 0 saturated carbocycles. The molecule has 1 atom stereocenters. The van der Waals surface area contributed by atoms with E-state index in [0.717, 1.165) is 23.2 Å². The minimum atomic E-state index is -0.530. The fraction of sp³-hybridized carbons (Fsp3) is 0.333. The molecule has 0 heterocycles. The number of nitrogens with one attached hydrogen (secondary N) is 2. The fourth-order valence-electron chi connectivity index (χ4n) is 2.43. The van der Waals surface area contributed by atoms with Gasteiger partial charge in [0.15, 0.2) is 6.61 Å². The van der Waals surface area contributed by atoms with Crippen molar-refractivity contribution in [2.45, 2.75) is 40.2 Å². The topological polar surface area (TPSA) is 67.4 Å². The quantitative estimate of drug-likeness (QED) is 0.734. The normalized spacial score (nSPS) is 11.5. The molecular formula is C21H26N2O3. The summed E-state index contributed by atoms with van der Waals surface area (Å²) < 4.78 is 5.18. The van der Waals surface area contributed by atoms with Gasteiger partial charge in [-0.2, -0.15) is 0 Å². The highest BCUT2D eigenvalue weighted by Gasteiger charge is 2.15. The Labute approximate surface area is 154 Å². The number of carbonyl (C=O) groups is 2. The van der Waals surface area contributed by atoms with Crippen LogP contribution in [0.1, 0.15) is 41.8 Å². The van der Waals surface area contributed by atoms with Gasteiger partial charge in [0, 0.05) is 11.7 Å². The number of aryl methyl sites for hydroxylation is 1. The van der Waals surface area contributed by atoms with E-state index in [9.17, 15) is 9.59 Å². The first-order valence-electron chi connectivity index (χ1n) is 8.81. The van der Waals surface area contributed by atoms with Gasteiger partial charge in [0.25, 0.3) is 5.91 Å². The largest absolute Gasteiger partial charge is 0.452 e. The zero-order valence-electron chi connectivity index (χ0n) is 15.8. The Morgan fingerprint density at radius 1 is 1.04 bits per heavy atom.